The summed E-state index contributed by atoms with van der Waals surface area (Å²) in [5.74, 6) is 0.392. The molecule has 0 bridgehead atoms. The van der Waals surface area contributed by atoms with Crippen molar-refractivity contribution in [2.75, 3.05) is 6.61 Å². The van der Waals surface area contributed by atoms with Crippen molar-refractivity contribution in [3.63, 3.8) is 0 Å². The van der Waals surface area contributed by atoms with Gasteiger partial charge in [-0.25, -0.2) is 4.98 Å². The van der Waals surface area contributed by atoms with Crippen LogP contribution in [0.2, 0.25) is 0 Å². The third kappa shape index (κ3) is 3.01. The molecular weight excluding hydrogens is 178 g/mol. The van der Waals surface area contributed by atoms with Crippen LogP contribution in [0.4, 0.5) is 0 Å². The molecule has 0 aliphatic heterocycles. The maximum atomic E-state index is 10.6. The summed E-state index contributed by atoms with van der Waals surface area (Å²) in [5, 5.41) is 0. The lowest BCUT2D eigenvalue weighted by molar-refractivity contribution is 0.111. The topological polar surface area (TPSA) is 39.2 Å². The van der Waals surface area contributed by atoms with Gasteiger partial charge >= 0.3 is 0 Å². The largest absolute Gasteiger partial charge is 0.477 e. The number of ether oxygens (including phenoxy) is 1. The monoisotopic (exact) mass is 191 g/mol. The Morgan fingerprint density at radius 3 is 3.14 bits per heavy atom. The standard InChI is InChI=1S/C11H13NO2/c1-9(2)5-7-14-11-10(8-13)4-3-6-12-11/h3-4,6,8H,1,5,7H2,2H3. The zero-order valence-electron chi connectivity index (χ0n) is 8.19. The van der Waals surface area contributed by atoms with E-state index in [1.807, 2.05) is 6.92 Å². The second kappa shape index (κ2) is 5.17. The third-order valence-corrected chi connectivity index (χ3v) is 1.70. The van der Waals surface area contributed by atoms with Crippen molar-refractivity contribution in [1.29, 1.82) is 0 Å². The highest BCUT2D eigenvalue weighted by Gasteiger charge is 2.02. The number of carbonyl (C=O) groups excluding carboxylic acids is 1. The number of rotatable bonds is 5. The SMILES string of the molecule is C=C(C)CCOc1ncccc1C=O. The van der Waals surface area contributed by atoms with Crippen molar-refractivity contribution < 1.29 is 9.53 Å². The minimum atomic E-state index is 0.392. The molecule has 0 radical (unpaired) electrons. The van der Waals surface area contributed by atoms with Gasteiger partial charge in [-0.15, -0.1) is 6.58 Å². The first-order valence-corrected chi connectivity index (χ1v) is 4.41. The summed E-state index contributed by atoms with van der Waals surface area (Å²) in [6.07, 6.45) is 3.11. The Morgan fingerprint density at radius 2 is 2.50 bits per heavy atom. The average Bonchev–Trinajstić information content (AvgIpc) is 2.18. The van der Waals surface area contributed by atoms with Gasteiger partial charge in [-0.2, -0.15) is 0 Å². The van der Waals surface area contributed by atoms with Gasteiger partial charge in [0.2, 0.25) is 5.88 Å². The Labute approximate surface area is 83.4 Å². The van der Waals surface area contributed by atoms with E-state index >= 15 is 0 Å². The Kier molecular flexibility index (Phi) is 3.85. The molecule has 0 aliphatic rings. The summed E-state index contributed by atoms with van der Waals surface area (Å²) >= 11 is 0. The van der Waals surface area contributed by atoms with E-state index in [1.165, 1.54) is 0 Å². The van der Waals surface area contributed by atoms with Gasteiger partial charge in [-0.05, 0) is 19.1 Å². The summed E-state index contributed by atoms with van der Waals surface area (Å²) in [6.45, 7) is 6.20. The molecule has 1 rings (SSSR count). The zero-order chi connectivity index (χ0) is 10.4. The van der Waals surface area contributed by atoms with Gasteiger partial charge in [0.15, 0.2) is 6.29 Å². The van der Waals surface area contributed by atoms with Crippen molar-refractivity contribution in [1.82, 2.24) is 4.98 Å². The van der Waals surface area contributed by atoms with Crippen molar-refractivity contribution in [2.45, 2.75) is 13.3 Å². The lowest BCUT2D eigenvalue weighted by Gasteiger charge is -2.05. The predicted octanol–water partition coefficient (Wildman–Crippen LogP) is 2.24. The van der Waals surface area contributed by atoms with Crippen molar-refractivity contribution in [3.8, 4) is 5.88 Å². The second-order valence-electron chi connectivity index (χ2n) is 3.07. The van der Waals surface area contributed by atoms with E-state index in [1.54, 1.807) is 18.3 Å². The molecule has 0 saturated heterocycles. The summed E-state index contributed by atoms with van der Waals surface area (Å²) in [6, 6.07) is 3.38. The number of carbonyl (C=O) groups is 1. The molecular formula is C11H13NO2. The minimum absolute atomic E-state index is 0.392. The Morgan fingerprint density at radius 1 is 1.71 bits per heavy atom. The molecule has 1 aromatic rings. The van der Waals surface area contributed by atoms with Crippen molar-refractivity contribution >= 4 is 6.29 Å². The van der Waals surface area contributed by atoms with Crippen molar-refractivity contribution in [3.05, 3.63) is 36.0 Å². The molecule has 74 valence electrons. The van der Waals surface area contributed by atoms with Gasteiger partial charge in [0.1, 0.15) is 0 Å². The van der Waals surface area contributed by atoms with Gasteiger partial charge < -0.3 is 4.74 Å². The molecule has 0 atom stereocenters. The first-order valence-electron chi connectivity index (χ1n) is 4.41. The van der Waals surface area contributed by atoms with Gasteiger partial charge in [0.25, 0.3) is 0 Å². The average molecular weight is 191 g/mol. The van der Waals surface area contributed by atoms with Crippen LogP contribution in [0.15, 0.2) is 30.5 Å². The number of pyridine rings is 1. The zero-order valence-corrected chi connectivity index (χ0v) is 8.19. The molecule has 3 nitrogen and oxygen atoms in total. The molecule has 1 aromatic heterocycles. The van der Waals surface area contributed by atoms with Gasteiger partial charge in [0, 0.05) is 12.6 Å². The molecule has 0 N–H and O–H groups in total. The molecule has 0 spiro atoms. The molecule has 0 unspecified atom stereocenters. The van der Waals surface area contributed by atoms with Crippen LogP contribution < -0.4 is 4.74 Å². The molecule has 0 saturated carbocycles. The van der Waals surface area contributed by atoms with E-state index in [2.05, 4.69) is 11.6 Å². The fourth-order valence-electron chi connectivity index (χ4n) is 0.935. The van der Waals surface area contributed by atoms with Crippen molar-refractivity contribution in [2.24, 2.45) is 0 Å². The molecule has 14 heavy (non-hydrogen) atoms. The highest BCUT2D eigenvalue weighted by molar-refractivity contribution is 5.77. The normalized spacial score (nSPS) is 9.50. The van der Waals surface area contributed by atoms with E-state index in [-0.39, 0.29) is 0 Å². The third-order valence-electron chi connectivity index (χ3n) is 1.70. The van der Waals surface area contributed by atoms with E-state index in [4.69, 9.17) is 4.74 Å². The molecule has 0 fully saturated rings. The number of hydrogen-bond donors (Lipinski definition) is 0. The van der Waals surface area contributed by atoms with Crippen LogP contribution >= 0.6 is 0 Å². The first-order chi connectivity index (χ1) is 6.74. The quantitative estimate of drug-likeness (QED) is 0.529. The number of nitrogens with zero attached hydrogens (tertiary/aromatic N) is 1. The van der Waals surface area contributed by atoms with Crippen LogP contribution in [0, 0.1) is 0 Å². The smallest absolute Gasteiger partial charge is 0.224 e. The minimum Gasteiger partial charge on any atom is -0.477 e. The first kappa shape index (κ1) is 10.4. The fraction of sp³-hybridized carbons (Fsp3) is 0.273. The molecule has 3 heteroatoms. The summed E-state index contributed by atoms with van der Waals surface area (Å²) in [7, 11) is 0. The van der Waals surface area contributed by atoms with Gasteiger partial charge in [0.05, 0.1) is 12.2 Å². The Balaban J connectivity index is 2.57. The Bertz CT molecular complexity index is 334. The van der Waals surface area contributed by atoms with E-state index in [0.717, 1.165) is 18.3 Å². The highest BCUT2D eigenvalue weighted by Crippen LogP contribution is 2.12. The molecule has 0 aromatic carbocycles. The maximum absolute atomic E-state index is 10.6. The van der Waals surface area contributed by atoms with E-state index in [9.17, 15) is 4.79 Å². The fourth-order valence-corrected chi connectivity index (χ4v) is 0.935. The highest BCUT2D eigenvalue weighted by atomic mass is 16.5. The second-order valence-corrected chi connectivity index (χ2v) is 3.07. The predicted molar refractivity (Wildman–Crippen MR) is 54.6 cm³/mol. The van der Waals surface area contributed by atoms with Crippen LogP contribution in [-0.2, 0) is 0 Å². The summed E-state index contributed by atoms with van der Waals surface area (Å²) < 4.78 is 5.34. The maximum Gasteiger partial charge on any atom is 0.224 e. The molecule has 0 aliphatic carbocycles. The van der Waals surface area contributed by atoms with Crippen LogP contribution in [0.5, 0.6) is 5.88 Å². The van der Waals surface area contributed by atoms with Gasteiger partial charge in [-0.1, -0.05) is 5.57 Å². The van der Waals surface area contributed by atoms with Crippen LogP contribution in [0.1, 0.15) is 23.7 Å². The Hall–Kier alpha value is -1.64. The van der Waals surface area contributed by atoms with E-state index in [0.29, 0.717) is 18.1 Å². The lowest BCUT2D eigenvalue weighted by Crippen LogP contribution is -2.01. The summed E-state index contributed by atoms with van der Waals surface area (Å²) in [5.41, 5.74) is 1.53. The molecule has 1 heterocycles. The van der Waals surface area contributed by atoms with Gasteiger partial charge in [-0.3, -0.25) is 4.79 Å². The number of hydrogen-bond acceptors (Lipinski definition) is 3. The summed E-state index contributed by atoms with van der Waals surface area (Å²) in [4.78, 5) is 14.6. The van der Waals surface area contributed by atoms with Crippen LogP contribution in [-0.4, -0.2) is 17.9 Å². The lowest BCUT2D eigenvalue weighted by atomic mass is 10.2. The van der Waals surface area contributed by atoms with Crippen LogP contribution in [0.3, 0.4) is 0 Å². The number of aromatic nitrogens is 1. The van der Waals surface area contributed by atoms with E-state index < -0.39 is 0 Å². The van der Waals surface area contributed by atoms with Crippen LogP contribution in [0.25, 0.3) is 0 Å². The molecule has 0 amide bonds. The number of aldehydes is 1.